The monoisotopic (exact) mass is 363 g/mol. The SMILES string of the molecule is CNC(CSc1cccc(Br)c1)c1ccc(C(C)C)cc1. The van der Waals surface area contributed by atoms with Crippen LogP contribution in [-0.4, -0.2) is 12.8 Å². The average molecular weight is 364 g/mol. The van der Waals surface area contributed by atoms with E-state index < -0.39 is 0 Å². The van der Waals surface area contributed by atoms with E-state index >= 15 is 0 Å². The predicted octanol–water partition coefficient (Wildman–Crippen LogP) is 5.63. The van der Waals surface area contributed by atoms with Crippen molar-refractivity contribution in [1.29, 1.82) is 0 Å². The molecule has 0 aliphatic heterocycles. The lowest BCUT2D eigenvalue weighted by atomic mass is 10.00. The number of nitrogens with one attached hydrogen (secondary N) is 1. The molecule has 1 nitrogen and oxygen atoms in total. The van der Waals surface area contributed by atoms with Crippen molar-refractivity contribution in [2.24, 2.45) is 0 Å². The van der Waals surface area contributed by atoms with Crippen LogP contribution in [0.1, 0.15) is 36.9 Å². The summed E-state index contributed by atoms with van der Waals surface area (Å²) in [7, 11) is 2.03. The Balaban J connectivity index is 2.02. The molecule has 0 spiro atoms. The van der Waals surface area contributed by atoms with Crippen LogP contribution in [0.15, 0.2) is 57.9 Å². The second kappa shape index (κ2) is 8.02. The zero-order valence-electron chi connectivity index (χ0n) is 12.8. The highest BCUT2D eigenvalue weighted by molar-refractivity contribution is 9.10. The molecule has 0 saturated carbocycles. The fraction of sp³-hybridized carbons (Fsp3) is 0.333. The Kier molecular flexibility index (Phi) is 6.34. The fourth-order valence-electron chi connectivity index (χ4n) is 2.20. The quantitative estimate of drug-likeness (QED) is 0.667. The molecule has 21 heavy (non-hydrogen) atoms. The summed E-state index contributed by atoms with van der Waals surface area (Å²) in [6.45, 7) is 4.46. The lowest BCUT2D eigenvalue weighted by Crippen LogP contribution is -2.18. The van der Waals surface area contributed by atoms with Crippen molar-refractivity contribution in [3.05, 3.63) is 64.1 Å². The highest BCUT2D eigenvalue weighted by atomic mass is 79.9. The number of hydrogen-bond donors (Lipinski definition) is 1. The number of thioether (sulfide) groups is 1. The molecule has 0 bridgehead atoms. The minimum Gasteiger partial charge on any atom is -0.312 e. The molecule has 2 rings (SSSR count). The van der Waals surface area contributed by atoms with Gasteiger partial charge in [-0.2, -0.15) is 0 Å². The third-order valence-corrected chi connectivity index (χ3v) is 5.15. The normalized spacial score (nSPS) is 12.6. The topological polar surface area (TPSA) is 12.0 Å². The van der Waals surface area contributed by atoms with Gasteiger partial charge in [0.05, 0.1) is 0 Å². The van der Waals surface area contributed by atoms with Crippen molar-refractivity contribution in [3.8, 4) is 0 Å². The molecule has 2 aromatic carbocycles. The van der Waals surface area contributed by atoms with Gasteiger partial charge in [0.15, 0.2) is 0 Å². The smallest absolute Gasteiger partial charge is 0.0412 e. The molecule has 1 N–H and O–H groups in total. The summed E-state index contributed by atoms with van der Waals surface area (Å²) in [5.74, 6) is 1.61. The molecular weight excluding hydrogens is 342 g/mol. The molecule has 0 fully saturated rings. The zero-order chi connectivity index (χ0) is 15.2. The second-order valence-electron chi connectivity index (χ2n) is 5.43. The maximum atomic E-state index is 3.52. The van der Waals surface area contributed by atoms with E-state index in [2.05, 4.69) is 83.6 Å². The van der Waals surface area contributed by atoms with Gasteiger partial charge in [0, 0.05) is 21.2 Å². The molecule has 0 aliphatic rings. The highest BCUT2D eigenvalue weighted by Gasteiger charge is 2.10. The van der Waals surface area contributed by atoms with Crippen molar-refractivity contribution in [1.82, 2.24) is 5.32 Å². The molecule has 2 aromatic rings. The van der Waals surface area contributed by atoms with Crippen LogP contribution in [0.25, 0.3) is 0 Å². The third-order valence-electron chi connectivity index (χ3n) is 3.57. The van der Waals surface area contributed by atoms with Crippen LogP contribution < -0.4 is 5.32 Å². The molecule has 0 aliphatic carbocycles. The van der Waals surface area contributed by atoms with Crippen LogP contribution in [0.5, 0.6) is 0 Å². The first-order valence-electron chi connectivity index (χ1n) is 7.25. The lowest BCUT2D eigenvalue weighted by molar-refractivity contribution is 0.661. The van der Waals surface area contributed by atoms with Crippen molar-refractivity contribution in [2.75, 3.05) is 12.8 Å². The number of hydrogen-bond acceptors (Lipinski definition) is 2. The van der Waals surface area contributed by atoms with Crippen LogP contribution in [-0.2, 0) is 0 Å². The Morgan fingerprint density at radius 3 is 2.29 bits per heavy atom. The summed E-state index contributed by atoms with van der Waals surface area (Å²) in [6.07, 6.45) is 0. The van der Waals surface area contributed by atoms with Gasteiger partial charge in [0.2, 0.25) is 0 Å². The molecule has 0 heterocycles. The number of benzene rings is 2. The molecule has 112 valence electrons. The van der Waals surface area contributed by atoms with Crippen LogP contribution in [0.2, 0.25) is 0 Å². The summed E-state index contributed by atoms with van der Waals surface area (Å²) in [5, 5.41) is 3.42. The van der Waals surface area contributed by atoms with Crippen LogP contribution in [0.4, 0.5) is 0 Å². The van der Waals surface area contributed by atoms with Gasteiger partial charge in [0.1, 0.15) is 0 Å². The van der Waals surface area contributed by atoms with Crippen molar-refractivity contribution < 1.29 is 0 Å². The highest BCUT2D eigenvalue weighted by Crippen LogP contribution is 2.27. The Bertz CT molecular complexity index is 566. The van der Waals surface area contributed by atoms with Gasteiger partial charge in [-0.1, -0.05) is 60.1 Å². The maximum absolute atomic E-state index is 3.52. The standard InChI is InChI=1S/C18H22BrNS/c1-13(2)14-7-9-15(10-8-14)18(20-3)12-21-17-6-4-5-16(19)11-17/h4-11,13,18,20H,12H2,1-3H3. The van der Waals surface area contributed by atoms with E-state index in [1.165, 1.54) is 16.0 Å². The Hall–Kier alpha value is -0.770. The summed E-state index contributed by atoms with van der Waals surface area (Å²) in [5.41, 5.74) is 2.75. The van der Waals surface area contributed by atoms with E-state index in [4.69, 9.17) is 0 Å². The van der Waals surface area contributed by atoms with Gasteiger partial charge >= 0.3 is 0 Å². The van der Waals surface area contributed by atoms with Crippen LogP contribution in [0, 0.1) is 0 Å². The first kappa shape index (κ1) is 16.6. The molecule has 1 unspecified atom stereocenters. The minimum atomic E-state index is 0.371. The van der Waals surface area contributed by atoms with Crippen molar-refractivity contribution >= 4 is 27.7 Å². The largest absolute Gasteiger partial charge is 0.312 e. The van der Waals surface area contributed by atoms with Crippen molar-refractivity contribution in [2.45, 2.75) is 30.7 Å². The maximum Gasteiger partial charge on any atom is 0.0412 e. The van der Waals surface area contributed by atoms with E-state index in [1.807, 2.05) is 18.8 Å². The third kappa shape index (κ3) is 4.87. The van der Waals surface area contributed by atoms with Crippen LogP contribution in [0.3, 0.4) is 0 Å². The molecular formula is C18H22BrNS. The van der Waals surface area contributed by atoms with Gasteiger partial charge in [-0.15, -0.1) is 11.8 Å². The molecule has 3 heteroatoms. The van der Waals surface area contributed by atoms with E-state index in [0.29, 0.717) is 12.0 Å². The lowest BCUT2D eigenvalue weighted by Gasteiger charge is -2.17. The molecule has 0 amide bonds. The first-order valence-corrected chi connectivity index (χ1v) is 9.03. The molecule has 1 atom stereocenters. The number of halogens is 1. The molecule has 0 radical (unpaired) electrons. The second-order valence-corrected chi connectivity index (χ2v) is 7.44. The van der Waals surface area contributed by atoms with Crippen molar-refractivity contribution in [3.63, 3.8) is 0 Å². The summed E-state index contributed by atoms with van der Waals surface area (Å²) >= 11 is 5.40. The van der Waals surface area contributed by atoms with E-state index in [9.17, 15) is 0 Å². The first-order chi connectivity index (χ1) is 10.1. The van der Waals surface area contributed by atoms with E-state index in [-0.39, 0.29) is 0 Å². The summed E-state index contributed by atoms with van der Waals surface area (Å²) < 4.78 is 1.13. The Morgan fingerprint density at radius 1 is 1.05 bits per heavy atom. The van der Waals surface area contributed by atoms with E-state index in [1.54, 1.807) is 0 Å². The fourth-order valence-corrected chi connectivity index (χ4v) is 3.85. The van der Waals surface area contributed by atoms with Gasteiger partial charge in [-0.3, -0.25) is 0 Å². The predicted molar refractivity (Wildman–Crippen MR) is 97.2 cm³/mol. The van der Waals surface area contributed by atoms with Gasteiger partial charge < -0.3 is 5.32 Å². The Morgan fingerprint density at radius 2 is 1.71 bits per heavy atom. The Labute approximate surface area is 140 Å². The van der Waals surface area contributed by atoms with E-state index in [0.717, 1.165) is 10.2 Å². The van der Waals surface area contributed by atoms with Gasteiger partial charge in [0.25, 0.3) is 0 Å². The summed E-state index contributed by atoms with van der Waals surface area (Å²) in [6, 6.07) is 17.8. The van der Waals surface area contributed by atoms with Gasteiger partial charge in [-0.05, 0) is 42.3 Å². The average Bonchev–Trinajstić information content (AvgIpc) is 2.48. The summed E-state index contributed by atoms with van der Waals surface area (Å²) in [4.78, 5) is 1.29. The molecule has 0 aromatic heterocycles. The van der Waals surface area contributed by atoms with Crippen LogP contribution >= 0.6 is 27.7 Å². The number of rotatable bonds is 6. The zero-order valence-corrected chi connectivity index (χ0v) is 15.2. The van der Waals surface area contributed by atoms with Gasteiger partial charge in [-0.25, -0.2) is 0 Å². The molecule has 0 saturated heterocycles. The minimum absolute atomic E-state index is 0.371.